The molecule has 0 heterocycles. The topological polar surface area (TPSA) is 0 Å². The van der Waals surface area contributed by atoms with E-state index in [1.807, 2.05) is 0 Å². The smallest absolute Gasteiger partial charge is 0.00137 e. The van der Waals surface area contributed by atoms with Crippen molar-refractivity contribution >= 4 is 32.3 Å². The molecule has 0 bridgehead atoms. The maximum absolute atomic E-state index is 2.36. The lowest BCUT2D eigenvalue weighted by molar-refractivity contribution is 1.57. The Morgan fingerprint density at radius 2 is 0.619 bits per heavy atom. The zero-order valence-corrected chi connectivity index (χ0v) is 23.2. The standard InChI is InChI=1S/C42H28/c1-5-16-30(17-6-1)38-37-28-27-35-34-24-14-13-15-29(34)25-26-36(35)42(37)41(33-22-11-4-12-23-33)40(32-20-9-3-10-21-32)39(38)31-18-7-2-8-19-31/h1-28H. The Bertz CT molecular complexity index is 2200. The molecule has 0 radical (unpaired) electrons. The summed E-state index contributed by atoms with van der Waals surface area (Å²) in [4.78, 5) is 0. The van der Waals surface area contributed by atoms with Gasteiger partial charge in [0, 0.05) is 0 Å². The van der Waals surface area contributed by atoms with Crippen molar-refractivity contribution in [1.29, 1.82) is 0 Å². The highest BCUT2D eigenvalue weighted by molar-refractivity contribution is 6.28. The van der Waals surface area contributed by atoms with E-state index in [4.69, 9.17) is 0 Å². The number of fused-ring (bicyclic) bond motifs is 5. The number of hydrogen-bond donors (Lipinski definition) is 0. The van der Waals surface area contributed by atoms with Gasteiger partial charge < -0.3 is 0 Å². The van der Waals surface area contributed by atoms with Gasteiger partial charge in [0.25, 0.3) is 0 Å². The lowest BCUT2D eigenvalue weighted by Crippen LogP contribution is -1.98. The minimum absolute atomic E-state index is 1.21. The van der Waals surface area contributed by atoms with Crippen LogP contribution in [0, 0.1) is 0 Å². The molecule has 0 atom stereocenters. The first kappa shape index (κ1) is 24.3. The number of rotatable bonds is 4. The molecule has 0 N–H and O–H groups in total. The summed E-state index contributed by atoms with van der Waals surface area (Å²) in [6.45, 7) is 0. The molecule has 0 amide bonds. The van der Waals surface area contributed by atoms with Crippen LogP contribution in [0.25, 0.3) is 76.8 Å². The molecule has 0 nitrogen and oxygen atoms in total. The van der Waals surface area contributed by atoms with Crippen LogP contribution in [0.4, 0.5) is 0 Å². The van der Waals surface area contributed by atoms with E-state index in [0.717, 1.165) is 0 Å². The van der Waals surface area contributed by atoms with Gasteiger partial charge in [-0.1, -0.05) is 170 Å². The van der Waals surface area contributed by atoms with E-state index < -0.39 is 0 Å². The molecule has 0 unspecified atom stereocenters. The predicted molar refractivity (Wildman–Crippen MR) is 181 cm³/mol. The lowest BCUT2D eigenvalue weighted by atomic mass is 9.77. The molecule has 0 aliphatic rings. The molecule has 0 aliphatic carbocycles. The van der Waals surface area contributed by atoms with Crippen molar-refractivity contribution in [1.82, 2.24) is 0 Å². The van der Waals surface area contributed by atoms with Crippen molar-refractivity contribution in [3.05, 3.63) is 170 Å². The van der Waals surface area contributed by atoms with Crippen LogP contribution >= 0.6 is 0 Å². The highest BCUT2D eigenvalue weighted by atomic mass is 14.3. The van der Waals surface area contributed by atoms with Gasteiger partial charge >= 0.3 is 0 Å². The van der Waals surface area contributed by atoms with E-state index >= 15 is 0 Å². The zero-order valence-electron chi connectivity index (χ0n) is 23.2. The number of benzene rings is 8. The third-order valence-corrected chi connectivity index (χ3v) is 8.45. The molecular weight excluding hydrogens is 504 g/mol. The second-order valence-corrected chi connectivity index (χ2v) is 10.8. The molecule has 0 spiro atoms. The summed E-state index contributed by atoms with van der Waals surface area (Å²) in [6.07, 6.45) is 0. The van der Waals surface area contributed by atoms with Gasteiger partial charge in [0.1, 0.15) is 0 Å². The molecule has 196 valence electrons. The molecular formula is C42H28. The highest BCUT2D eigenvalue weighted by Crippen LogP contribution is 2.52. The van der Waals surface area contributed by atoms with Gasteiger partial charge in [-0.15, -0.1) is 0 Å². The molecule has 0 saturated heterocycles. The summed E-state index contributed by atoms with van der Waals surface area (Å²) in [5.41, 5.74) is 9.94. The van der Waals surface area contributed by atoms with Gasteiger partial charge in [0.15, 0.2) is 0 Å². The van der Waals surface area contributed by atoms with E-state index in [9.17, 15) is 0 Å². The average molecular weight is 533 g/mol. The minimum atomic E-state index is 1.21. The van der Waals surface area contributed by atoms with Crippen molar-refractivity contribution in [2.24, 2.45) is 0 Å². The third-order valence-electron chi connectivity index (χ3n) is 8.45. The molecule has 8 aromatic carbocycles. The molecule has 0 aliphatic heterocycles. The number of hydrogen-bond acceptors (Lipinski definition) is 0. The fraction of sp³-hybridized carbons (Fsp3) is 0. The Hall–Kier alpha value is -5.46. The normalized spacial score (nSPS) is 11.3. The molecule has 0 aromatic heterocycles. The minimum Gasteiger partial charge on any atom is -0.0622 e. The van der Waals surface area contributed by atoms with Crippen LogP contribution in [0.15, 0.2) is 170 Å². The summed E-state index contributed by atoms with van der Waals surface area (Å²) < 4.78 is 0. The first-order chi connectivity index (χ1) is 20.9. The quantitative estimate of drug-likeness (QED) is 0.198. The fourth-order valence-electron chi connectivity index (χ4n) is 6.66. The van der Waals surface area contributed by atoms with Gasteiger partial charge in [-0.3, -0.25) is 0 Å². The second kappa shape index (κ2) is 10.2. The van der Waals surface area contributed by atoms with Crippen molar-refractivity contribution in [2.75, 3.05) is 0 Å². The van der Waals surface area contributed by atoms with Crippen LogP contribution in [-0.2, 0) is 0 Å². The molecule has 0 saturated carbocycles. The Labute approximate surface area is 246 Å². The fourth-order valence-corrected chi connectivity index (χ4v) is 6.66. The SMILES string of the molecule is c1ccc(-c2c(-c3ccccc3)c(-c3ccccc3)c3c(ccc4c5ccccc5ccc43)c2-c2ccccc2)cc1. The Balaban J connectivity index is 1.70. The summed E-state index contributed by atoms with van der Waals surface area (Å²) >= 11 is 0. The molecule has 8 aromatic rings. The van der Waals surface area contributed by atoms with Gasteiger partial charge in [-0.05, 0) is 76.8 Å². The first-order valence-electron chi connectivity index (χ1n) is 14.5. The van der Waals surface area contributed by atoms with Gasteiger partial charge in [0.05, 0.1) is 0 Å². The maximum atomic E-state index is 2.36. The predicted octanol–water partition coefficient (Wildman–Crippen LogP) is 11.8. The van der Waals surface area contributed by atoms with E-state index in [2.05, 4.69) is 170 Å². The average Bonchev–Trinajstić information content (AvgIpc) is 3.08. The molecule has 0 heteroatoms. The first-order valence-corrected chi connectivity index (χ1v) is 14.5. The van der Waals surface area contributed by atoms with E-state index in [-0.39, 0.29) is 0 Å². The Morgan fingerprint density at radius 1 is 0.214 bits per heavy atom. The molecule has 0 fully saturated rings. The van der Waals surface area contributed by atoms with Crippen molar-refractivity contribution in [3.8, 4) is 44.5 Å². The molecule has 8 rings (SSSR count). The highest BCUT2D eigenvalue weighted by Gasteiger charge is 2.25. The van der Waals surface area contributed by atoms with Crippen molar-refractivity contribution < 1.29 is 0 Å². The second-order valence-electron chi connectivity index (χ2n) is 10.8. The molecule has 42 heavy (non-hydrogen) atoms. The zero-order chi connectivity index (χ0) is 27.9. The third kappa shape index (κ3) is 3.92. The Morgan fingerprint density at radius 3 is 1.19 bits per heavy atom. The van der Waals surface area contributed by atoms with Crippen LogP contribution in [-0.4, -0.2) is 0 Å². The van der Waals surface area contributed by atoms with Crippen molar-refractivity contribution in [2.45, 2.75) is 0 Å². The lowest BCUT2D eigenvalue weighted by Gasteiger charge is -2.25. The summed E-state index contributed by atoms with van der Waals surface area (Å²) in [5, 5.41) is 7.66. The largest absolute Gasteiger partial charge is 0.0622 e. The van der Waals surface area contributed by atoms with Crippen LogP contribution in [0.2, 0.25) is 0 Å². The van der Waals surface area contributed by atoms with E-state index in [1.165, 1.54) is 76.8 Å². The van der Waals surface area contributed by atoms with Crippen molar-refractivity contribution in [3.63, 3.8) is 0 Å². The Kier molecular flexibility index (Phi) is 5.90. The van der Waals surface area contributed by atoms with Gasteiger partial charge in [0.2, 0.25) is 0 Å². The maximum Gasteiger partial charge on any atom is -0.00137 e. The van der Waals surface area contributed by atoms with E-state index in [0.29, 0.717) is 0 Å². The monoisotopic (exact) mass is 532 g/mol. The summed E-state index contributed by atoms with van der Waals surface area (Å²) in [5.74, 6) is 0. The van der Waals surface area contributed by atoms with Crippen LogP contribution in [0.1, 0.15) is 0 Å². The van der Waals surface area contributed by atoms with Gasteiger partial charge in [-0.25, -0.2) is 0 Å². The van der Waals surface area contributed by atoms with Crippen LogP contribution < -0.4 is 0 Å². The van der Waals surface area contributed by atoms with Gasteiger partial charge in [-0.2, -0.15) is 0 Å². The van der Waals surface area contributed by atoms with E-state index in [1.54, 1.807) is 0 Å². The summed E-state index contributed by atoms with van der Waals surface area (Å²) in [7, 11) is 0. The van der Waals surface area contributed by atoms with Crippen LogP contribution in [0.5, 0.6) is 0 Å². The van der Waals surface area contributed by atoms with Crippen LogP contribution in [0.3, 0.4) is 0 Å². The summed E-state index contributed by atoms with van der Waals surface area (Å²) in [6, 6.07) is 61.7.